The SMILES string of the molecule is O=C(Cc1ccccc1)N[C@H]1C(=O)N[C@@H]1CC(O)=S. The third-order valence-corrected chi connectivity index (χ3v) is 3.10. The van der Waals surface area contributed by atoms with E-state index in [0.29, 0.717) is 0 Å². The van der Waals surface area contributed by atoms with Crippen LogP contribution in [0.5, 0.6) is 0 Å². The highest BCUT2D eigenvalue weighted by molar-refractivity contribution is 7.80. The Morgan fingerprint density at radius 3 is 2.63 bits per heavy atom. The highest BCUT2D eigenvalue weighted by Crippen LogP contribution is 2.11. The van der Waals surface area contributed by atoms with E-state index < -0.39 is 6.04 Å². The molecule has 1 heterocycles. The van der Waals surface area contributed by atoms with Gasteiger partial charge in [-0.2, -0.15) is 0 Å². The molecule has 1 aromatic carbocycles. The first kappa shape index (κ1) is 13.5. The number of carbonyl (C=O) groups is 2. The summed E-state index contributed by atoms with van der Waals surface area (Å²) in [6.45, 7) is 0. The molecule has 2 atom stereocenters. The molecule has 6 heteroatoms. The number of β-lactam (4-membered cyclic amide) rings is 1. The molecule has 5 nitrogen and oxygen atoms in total. The van der Waals surface area contributed by atoms with Crippen molar-refractivity contribution in [1.82, 2.24) is 10.6 Å². The molecule has 19 heavy (non-hydrogen) atoms. The molecule has 0 saturated carbocycles. The van der Waals surface area contributed by atoms with Crippen LogP contribution in [-0.2, 0) is 16.0 Å². The van der Waals surface area contributed by atoms with E-state index in [1.165, 1.54) is 0 Å². The van der Waals surface area contributed by atoms with Gasteiger partial charge < -0.3 is 15.7 Å². The van der Waals surface area contributed by atoms with Gasteiger partial charge in [0.1, 0.15) is 6.04 Å². The van der Waals surface area contributed by atoms with Crippen LogP contribution in [0.25, 0.3) is 0 Å². The van der Waals surface area contributed by atoms with E-state index in [2.05, 4.69) is 22.9 Å². The molecule has 2 amide bonds. The number of thiocarbonyl (C=S) groups is 1. The Bertz CT molecular complexity index is 504. The number of amides is 2. The Balaban J connectivity index is 1.88. The molecule has 1 fully saturated rings. The zero-order chi connectivity index (χ0) is 13.8. The smallest absolute Gasteiger partial charge is 0.245 e. The molecule has 2 rings (SSSR count). The van der Waals surface area contributed by atoms with Crippen molar-refractivity contribution in [2.75, 3.05) is 0 Å². The maximum Gasteiger partial charge on any atom is 0.245 e. The van der Waals surface area contributed by atoms with Gasteiger partial charge in [0.25, 0.3) is 0 Å². The number of hydrogen-bond acceptors (Lipinski definition) is 3. The van der Waals surface area contributed by atoms with Crippen molar-refractivity contribution in [3.05, 3.63) is 35.9 Å². The van der Waals surface area contributed by atoms with Crippen molar-refractivity contribution in [1.29, 1.82) is 0 Å². The van der Waals surface area contributed by atoms with Crippen LogP contribution in [0.15, 0.2) is 30.3 Å². The Labute approximate surface area is 116 Å². The number of nitrogens with one attached hydrogen (secondary N) is 2. The number of hydrogen-bond donors (Lipinski definition) is 3. The van der Waals surface area contributed by atoms with Gasteiger partial charge in [-0.1, -0.05) is 30.3 Å². The lowest BCUT2D eigenvalue weighted by molar-refractivity contribution is -0.136. The monoisotopic (exact) mass is 278 g/mol. The lowest BCUT2D eigenvalue weighted by atomic mass is 9.95. The van der Waals surface area contributed by atoms with Crippen molar-refractivity contribution >= 4 is 29.1 Å². The van der Waals surface area contributed by atoms with E-state index in [-0.39, 0.29) is 35.7 Å². The maximum atomic E-state index is 11.8. The average Bonchev–Trinajstić information content (AvgIpc) is 2.36. The van der Waals surface area contributed by atoms with E-state index in [0.717, 1.165) is 5.56 Å². The van der Waals surface area contributed by atoms with Gasteiger partial charge in [0.05, 0.1) is 12.5 Å². The fraction of sp³-hybridized carbons (Fsp3) is 0.308. The summed E-state index contributed by atoms with van der Waals surface area (Å²) < 4.78 is 0. The average molecular weight is 278 g/mol. The molecule has 1 aliphatic heterocycles. The van der Waals surface area contributed by atoms with Gasteiger partial charge in [0.15, 0.2) is 5.05 Å². The van der Waals surface area contributed by atoms with Crippen LogP contribution in [0.3, 0.4) is 0 Å². The second kappa shape index (κ2) is 5.79. The van der Waals surface area contributed by atoms with Gasteiger partial charge in [-0.3, -0.25) is 9.59 Å². The summed E-state index contributed by atoms with van der Waals surface area (Å²) in [5.74, 6) is -0.470. The van der Waals surface area contributed by atoms with Crippen molar-refractivity contribution < 1.29 is 14.7 Å². The van der Waals surface area contributed by atoms with Gasteiger partial charge in [0, 0.05) is 6.42 Å². The fourth-order valence-corrected chi connectivity index (χ4v) is 2.15. The van der Waals surface area contributed by atoms with Crippen molar-refractivity contribution in [3.63, 3.8) is 0 Å². The second-order valence-corrected chi connectivity index (χ2v) is 4.89. The van der Waals surface area contributed by atoms with Gasteiger partial charge in [-0.15, -0.1) is 0 Å². The van der Waals surface area contributed by atoms with Crippen molar-refractivity contribution in [2.24, 2.45) is 0 Å². The molecule has 0 aliphatic carbocycles. The highest BCUT2D eigenvalue weighted by atomic mass is 32.1. The van der Waals surface area contributed by atoms with Crippen LogP contribution >= 0.6 is 12.2 Å². The molecule has 3 N–H and O–H groups in total. The summed E-state index contributed by atoms with van der Waals surface area (Å²) in [7, 11) is 0. The number of carbonyl (C=O) groups excluding carboxylic acids is 2. The summed E-state index contributed by atoms with van der Waals surface area (Å²) in [5, 5.41) is 14.1. The fourth-order valence-electron chi connectivity index (χ4n) is 1.97. The predicted octanol–water partition coefficient (Wildman–Crippen LogP) is 0.488. The van der Waals surface area contributed by atoms with Gasteiger partial charge in [0.2, 0.25) is 11.8 Å². The summed E-state index contributed by atoms with van der Waals surface area (Å²) >= 11 is 4.57. The maximum absolute atomic E-state index is 11.8. The van der Waals surface area contributed by atoms with Crippen LogP contribution in [0.2, 0.25) is 0 Å². The minimum Gasteiger partial charge on any atom is -0.502 e. The first-order valence-electron chi connectivity index (χ1n) is 5.91. The zero-order valence-electron chi connectivity index (χ0n) is 10.1. The molecule has 0 spiro atoms. The number of aliphatic hydroxyl groups excluding tert-OH is 1. The van der Waals surface area contributed by atoms with Crippen LogP contribution in [0.4, 0.5) is 0 Å². The zero-order valence-corrected chi connectivity index (χ0v) is 10.9. The molecule has 0 aromatic heterocycles. The third-order valence-electron chi connectivity index (χ3n) is 2.93. The summed E-state index contributed by atoms with van der Waals surface area (Å²) in [6.07, 6.45) is 0.401. The van der Waals surface area contributed by atoms with Gasteiger partial charge in [-0.05, 0) is 17.8 Å². The summed E-state index contributed by atoms with van der Waals surface area (Å²) in [5.41, 5.74) is 0.883. The summed E-state index contributed by atoms with van der Waals surface area (Å²) in [6, 6.07) is 8.35. The molecule has 1 saturated heterocycles. The number of aliphatic hydroxyl groups is 1. The molecule has 1 aliphatic rings. The second-order valence-electron chi connectivity index (χ2n) is 4.42. The van der Waals surface area contributed by atoms with E-state index in [4.69, 9.17) is 5.11 Å². The molecule has 1 aromatic rings. The lowest BCUT2D eigenvalue weighted by Crippen LogP contribution is -2.69. The predicted molar refractivity (Wildman–Crippen MR) is 73.9 cm³/mol. The van der Waals surface area contributed by atoms with Crippen LogP contribution < -0.4 is 10.6 Å². The third kappa shape index (κ3) is 3.51. The van der Waals surface area contributed by atoms with Crippen LogP contribution in [0, 0.1) is 0 Å². The Morgan fingerprint density at radius 1 is 1.37 bits per heavy atom. The first-order chi connectivity index (χ1) is 9.06. The topological polar surface area (TPSA) is 78.4 Å². The van der Waals surface area contributed by atoms with Crippen molar-refractivity contribution in [3.8, 4) is 0 Å². The largest absolute Gasteiger partial charge is 0.502 e. The van der Waals surface area contributed by atoms with Crippen LogP contribution in [0.1, 0.15) is 12.0 Å². The molecule has 0 bridgehead atoms. The Hall–Kier alpha value is -1.95. The first-order valence-corrected chi connectivity index (χ1v) is 6.32. The minimum atomic E-state index is -0.610. The molecule has 100 valence electrons. The Kier molecular flexibility index (Phi) is 4.11. The Morgan fingerprint density at radius 2 is 2.05 bits per heavy atom. The van der Waals surface area contributed by atoms with Gasteiger partial charge >= 0.3 is 0 Å². The van der Waals surface area contributed by atoms with Crippen LogP contribution in [-0.4, -0.2) is 34.1 Å². The molecular formula is C13H14N2O3S. The van der Waals surface area contributed by atoms with E-state index >= 15 is 0 Å². The van der Waals surface area contributed by atoms with Crippen molar-refractivity contribution in [2.45, 2.75) is 24.9 Å². The normalized spacial score (nSPS) is 21.2. The van der Waals surface area contributed by atoms with E-state index in [1.807, 2.05) is 30.3 Å². The number of rotatable bonds is 5. The lowest BCUT2D eigenvalue weighted by Gasteiger charge is -2.36. The molecule has 0 unspecified atom stereocenters. The minimum absolute atomic E-state index is 0.174. The molecule has 0 radical (unpaired) electrons. The number of benzene rings is 1. The highest BCUT2D eigenvalue weighted by Gasteiger charge is 2.40. The standard InChI is InChI=1S/C13H14N2O3S/c16-10(6-8-4-2-1-3-5-8)15-12-9(7-11(17)19)14-13(12)18/h1-5,9,12H,6-7H2,(H,14,18)(H,15,16)(H,17,19)/t9-,12-/m1/s1. The quantitative estimate of drug-likeness (QED) is 0.541. The van der Waals surface area contributed by atoms with E-state index in [1.54, 1.807) is 0 Å². The summed E-state index contributed by atoms with van der Waals surface area (Å²) in [4.78, 5) is 23.2. The van der Waals surface area contributed by atoms with Gasteiger partial charge in [-0.25, -0.2) is 0 Å². The molecular weight excluding hydrogens is 264 g/mol. The van der Waals surface area contributed by atoms with E-state index in [9.17, 15) is 9.59 Å².